The summed E-state index contributed by atoms with van der Waals surface area (Å²) >= 11 is 0. The highest BCUT2D eigenvalue weighted by atomic mass is 19.4. The zero-order valence-corrected chi connectivity index (χ0v) is 23.3. The third kappa shape index (κ3) is 7.95. The van der Waals surface area contributed by atoms with Gasteiger partial charge < -0.3 is 5.32 Å². The number of nitrogens with one attached hydrogen (secondary N) is 1. The Balaban J connectivity index is 1.71. The predicted molar refractivity (Wildman–Crippen MR) is 147 cm³/mol. The Morgan fingerprint density at radius 2 is 1.74 bits per heavy atom. The van der Waals surface area contributed by atoms with Crippen molar-refractivity contribution in [1.82, 2.24) is 20.1 Å². The molecular formula is C31H28F6N4O2. The van der Waals surface area contributed by atoms with E-state index >= 15 is 0 Å². The average molecular weight is 603 g/mol. The summed E-state index contributed by atoms with van der Waals surface area (Å²) in [6.45, 7) is 2.80. The SMILES string of the molecule is CCNCc1cn(CC(=O)C[C@@H](Cc2cc(F)cc(F)c2)c2ncccc2-c2ccc(F)c(C(C)=O)c2)nc1C(F)(F)F. The Bertz CT molecular complexity index is 1610. The molecule has 0 fully saturated rings. The van der Waals surface area contributed by atoms with Crippen LogP contribution in [0.2, 0.25) is 0 Å². The van der Waals surface area contributed by atoms with E-state index in [9.17, 15) is 35.9 Å². The van der Waals surface area contributed by atoms with Gasteiger partial charge in [-0.05, 0) is 61.3 Å². The highest BCUT2D eigenvalue weighted by Crippen LogP contribution is 2.34. The molecule has 6 nitrogen and oxygen atoms in total. The van der Waals surface area contributed by atoms with E-state index in [1.54, 1.807) is 19.1 Å². The summed E-state index contributed by atoms with van der Waals surface area (Å²) in [6.07, 6.45) is -2.43. The van der Waals surface area contributed by atoms with Gasteiger partial charge in [-0.25, -0.2) is 13.2 Å². The Morgan fingerprint density at radius 1 is 1.02 bits per heavy atom. The van der Waals surface area contributed by atoms with Crippen LogP contribution in [0.15, 0.2) is 60.9 Å². The van der Waals surface area contributed by atoms with Crippen molar-refractivity contribution in [3.05, 3.63) is 106 Å². The highest BCUT2D eigenvalue weighted by molar-refractivity contribution is 5.95. The number of pyridine rings is 1. The van der Waals surface area contributed by atoms with Gasteiger partial charge in [0.15, 0.2) is 17.3 Å². The predicted octanol–water partition coefficient (Wildman–Crippen LogP) is 6.68. The molecule has 2 aromatic heterocycles. The van der Waals surface area contributed by atoms with Gasteiger partial charge in [-0.1, -0.05) is 19.1 Å². The second-order valence-electron chi connectivity index (χ2n) is 10.1. The maximum absolute atomic E-state index is 14.3. The molecule has 0 radical (unpaired) electrons. The lowest BCUT2D eigenvalue weighted by Crippen LogP contribution is -2.18. The molecule has 0 unspecified atom stereocenters. The van der Waals surface area contributed by atoms with E-state index in [0.29, 0.717) is 29.4 Å². The number of Topliss-reactive ketones (excluding diaryl/α,β-unsaturated/α-hetero) is 2. The Kier molecular flexibility index (Phi) is 9.80. The van der Waals surface area contributed by atoms with Gasteiger partial charge in [0.25, 0.3) is 0 Å². The number of hydrogen-bond acceptors (Lipinski definition) is 5. The second kappa shape index (κ2) is 13.3. The lowest BCUT2D eigenvalue weighted by atomic mass is 9.86. The van der Waals surface area contributed by atoms with Gasteiger partial charge in [0, 0.05) is 48.5 Å². The number of halogens is 6. The summed E-state index contributed by atoms with van der Waals surface area (Å²) in [5.41, 5.74) is 0.0575. The van der Waals surface area contributed by atoms with Crippen LogP contribution < -0.4 is 5.32 Å². The first-order valence-electron chi connectivity index (χ1n) is 13.4. The molecule has 43 heavy (non-hydrogen) atoms. The number of carbonyl (C=O) groups is 2. The van der Waals surface area contributed by atoms with Crippen molar-refractivity contribution in [2.24, 2.45) is 0 Å². The zero-order chi connectivity index (χ0) is 31.3. The van der Waals surface area contributed by atoms with Gasteiger partial charge in [0.1, 0.15) is 17.5 Å². The van der Waals surface area contributed by atoms with Crippen LogP contribution in [0.5, 0.6) is 0 Å². The lowest BCUT2D eigenvalue weighted by molar-refractivity contribution is -0.142. The molecule has 0 aliphatic carbocycles. The minimum atomic E-state index is -4.72. The first-order chi connectivity index (χ1) is 20.3. The molecule has 0 amide bonds. The van der Waals surface area contributed by atoms with E-state index < -0.39 is 53.4 Å². The zero-order valence-electron chi connectivity index (χ0n) is 23.3. The standard InChI is InChI=1S/C31H28F6N4O2/c1-3-38-15-22-16-41(40-30(22)31(35,36)37)17-25(43)12-21(9-19-10-23(32)14-24(33)11-19)29-26(5-4-8-39-29)20-6-7-28(34)27(13-20)18(2)42/h4-8,10-11,13-14,16,21,38H,3,9,12,15,17H2,1-2H3/t21-/m1/s1. The van der Waals surface area contributed by atoms with Crippen LogP contribution in [0.4, 0.5) is 26.3 Å². The Labute approximate surface area is 243 Å². The van der Waals surface area contributed by atoms with Crippen LogP contribution >= 0.6 is 0 Å². The quantitative estimate of drug-likeness (QED) is 0.145. The summed E-state index contributed by atoms with van der Waals surface area (Å²) in [4.78, 5) is 29.7. The normalized spacial score (nSPS) is 12.4. The molecule has 1 N–H and O–H groups in total. The van der Waals surface area contributed by atoms with Crippen LogP contribution in [0.25, 0.3) is 11.1 Å². The lowest BCUT2D eigenvalue weighted by Gasteiger charge is -2.20. The largest absolute Gasteiger partial charge is 0.435 e. The fraction of sp³-hybridized carbons (Fsp3) is 0.290. The molecule has 4 rings (SSSR count). The smallest absolute Gasteiger partial charge is 0.313 e. The molecule has 4 aromatic rings. The molecule has 0 saturated carbocycles. The summed E-state index contributed by atoms with van der Waals surface area (Å²) in [5, 5.41) is 6.43. The fourth-order valence-corrected chi connectivity index (χ4v) is 4.92. The monoisotopic (exact) mass is 602 g/mol. The number of aromatic nitrogens is 3. The van der Waals surface area contributed by atoms with E-state index in [2.05, 4.69) is 15.4 Å². The van der Waals surface area contributed by atoms with Gasteiger partial charge in [-0.15, -0.1) is 0 Å². The number of hydrogen-bond donors (Lipinski definition) is 1. The summed E-state index contributed by atoms with van der Waals surface area (Å²) in [5.74, 6) is -4.17. The highest BCUT2D eigenvalue weighted by Gasteiger charge is 2.37. The summed E-state index contributed by atoms with van der Waals surface area (Å²) in [7, 11) is 0. The molecule has 226 valence electrons. The number of benzene rings is 2. The van der Waals surface area contributed by atoms with Crippen molar-refractivity contribution in [2.75, 3.05) is 6.54 Å². The number of rotatable bonds is 12. The van der Waals surface area contributed by atoms with Gasteiger partial charge in [-0.2, -0.15) is 18.3 Å². The number of nitrogens with zero attached hydrogens (tertiary/aromatic N) is 3. The summed E-state index contributed by atoms with van der Waals surface area (Å²) in [6, 6.07) is 10.1. The molecular weight excluding hydrogens is 574 g/mol. The molecule has 0 bridgehead atoms. The molecule has 2 aromatic carbocycles. The summed E-state index contributed by atoms with van der Waals surface area (Å²) < 4.78 is 84.0. The minimum Gasteiger partial charge on any atom is -0.313 e. The van der Waals surface area contributed by atoms with E-state index in [-0.39, 0.29) is 36.1 Å². The van der Waals surface area contributed by atoms with Gasteiger partial charge in [0.05, 0.1) is 17.8 Å². The third-order valence-corrected chi connectivity index (χ3v) is 6.77. The van der Waals surface area contributed by atoms with Crippen LogP contribution in [-0.2, 0) is 30.5 Å². The molecule has 0 spiro atoms. The minimum absolute atomic E-state index is 0.0518. The van der Waals surface area contributed by atoms with Crippen molar-refractivity contribution in [3.63, 3.8) is 0 Å². The molecule has 1 atom stereocenters. The van der Waals surface area contributed by atoms with Crippen LogP contribution in [0.1, 0.15) is 59.1 Å². The van der Waals surface area contributed by atoms with E-state index in [1.807, 2.05) is 0 Å². The van der Waals surface area contributed by atoms with Crippen molar-refractivity contribution in [2.45, 2.75) is 51.9 Å². The van der Waals surface area contributed by atoms with Gasteiger partial charge in [-0.3, -0.25) is 19.3 Å². The molecule has 2 heterocycles. The van der Waals surface area contributed by atoms with Crippen molar-refractivity contribution in [1.29, 1.82) is 0 Å². The first kappa shape index (κ1) is 31.6. The van der Waals surface area contributed by atoms with Crippen molar-refractivity contribution in [3.8, 4) is 11.1 Å². The molecule has 0 saturated heterocycles. The fourth-order valence-electron chi connectivity index (χ4n) is 4.92. The van der Waals surface area contributed by atoms with Gasteiger partial charge >= 0.3 is 6.18 Å². The van der Waals surface area contributed by atoms with Gasteiger partial charge in [0.2, 0.25) is 0 Å². The molecule has 0 aliphatic heterocycles. The Morgan fingerprint density at radius 3 is 2.40 bits per heavy atom. The third-order valence-electron chi connectivity index (χ3n) is 6.77. The van der Waals surface area contributed by atoms with E-state index in [0.717, 1.165) is 29.1 Å². The maximum atomic E-state index is 14.3. The van der Waals surface area contributed by atoms with Crippen LogP contribution in [-0.4, -0.2) is 32.9 Å². The average Bonchev–Trinajstić information content (AvgIpc) is 3.34. The first-order valence-corrected chi connectivity index (χ1v) is 13.4. The van der Waals surface area contributed by atoms with E-state index in [1.165, 1.54) is 25.3 Å². The number of ketones is 2. The van der Waals surface area contributed by atoms with Crippen molar-refractivity contribution < 1.29 is 35.9 Å². The second-order valence-corrected chi connectivity index (χ2v) is 10.1. The Hall–Kier alpha value is -4.32. The molecule has 0 aliphatic rings. The van der Waals surface area contributed by atoms with E-state index in [4.69, 9.17) is 0 Å². The maximum Gasteiger partial charge on any atom is 0.435 e. The number of carbonyl (C=O) groups excluding carboxylic acids is 2. The molecule has 12 heteroatoms. The van der Waals surface area contributed by atoms with Crippen molar-refractivity contribution >= 4 is 11.6 Å². The van der Waals surface area contributed by atoms with Crippen LogP contribution in [0.3, 0.4) is 0 Å². The number of alkyl halides is 3. The topological polar surface area (TPSA) is 76.9 Å². The van der Waals surface area contributed by atoms with Crippen LogP contribution in [0, 0.1) is 17.5 Å².